The van der Waals surface area contributed by atoms with E-state index in [4.69, 9.17) is 20.4 Å². The molecule has 0 atom stereocenters. The molecule has 0 bridgehead atoms. The number of pyridine rings is 1. The molecule has 7 rings (SSSR count). The summed E-state index contributed by atoms with van der Waals surface area (Å²) in [6, 6.07) is 48.3. The monoisotopic (exact) mass is 878 g/mol. The van der Waals surface area contributed by atoms with Gasteiger partial charge in [-0.3, -0.25) is 4.98 Å². The molecule has 5 aromatic carbocycles. The second-order valence-electron chi connectivity index (χ2n) is 12.0. The fourth-order valence-corrected chi connectivity index (χ4v) is 8.98. The molecule has 0 aliphatic rings. The zero-order valence-corrected chi connectivity index (χ0v) is 32.2. The molecule has 0 aliphatic carbocycles. The molecule has 2 aromatic heterocycles. The van der Waals surface area contributed by atoms with Gasteiger partial charge in [0, 0.05) is 12.1 Å². The van der Waals surface area contributed by atoms with Crippen LogP contribution in [0.25, 0.3) is 22.5 Å². The molecule has 0 saturated carbocycles. The van der Waals surface area contributed by atoms with E-state index < -0.39 is 5.54 Å². The summed E-state index contributed by atoms with van der Waals surface area (Å²) in [6.45, 7) is 5.06. The van der Waals surface area contributed by atoms with E-state index in [9.17, 15) is 0 Å². The summed E-state index contributed by atoms with van der Waals surface area (Å²) in [5.74, 6) is 0.568. The van der Waals surface area contributed by atoms with Crippen LogP contribution in [0.4, 0.5) is 5.69 Å². The number of tetrazole rings is 1. The van der Waals surface area contributed by atoms with Crippen molar-refractivity contribution >= 4 is 50.9 Å². The molecule has 2 heterocycles. The van der Waals surface area contributed by atoms with Gasteiger partial charge < -0.3 is 5.32 Å². The van der Waals surface area contributed by atoms with Crippen LogP contribution < -0.4 is 5.32 Å². The minimum Gasteiger partial charge on any atom is -0.379 e. The van der Waals surface area contributed by atoms with Gasteiger partial charge in [0.15, 0.2) is 5.54 Å². The van der Waals surface area contributed by atoms with E-state index in [0.717, 1.165) is 64.2 Å². The largest absolute Gasteiger partial charge is 0.379 e. The topological polar surface area (TPSA) is 68.5 Å². The van der Waals surface area contributed by atoms with Gasteiger partial charge in [0.25, 0.3) is 0 Å². The first-order valence-corrected chi connectivity index (χ1v) is 19.0. The minimum atomic E-state index is -0.834. The lowest BCUT2D eigenvalue weighted by atomic mass is 9.77. The summed E-state index contributed by atoms with van der Waals surface area (Å²) in [4.78, 5) is 6.67. The van der Waals surface area contributed by atoms with Crippen LogP contribution in [-0.2, 0) is 24.9 Å². The second kappa shape index (κ2) is 15.2. The predicted molar refractivity (Wildman–Crippen MR) is 219 cm³/mol. The van der Waals surface area contributed by atoms with Gasteiger partial charge in [-0.05, 0) is 96.6 Å². The summed E-state index contributed by atoms with van der Waals surface area (Å²) in [6.07, 6.45) is 1.83. The third kappa shape index (κ3) is 6.46. The van der Waals surface area contributed by atoms with E-state index in [1.807, 2.05) is 24.3 Å². The summed E-state index contributed by atoms with van der Waals surface area (Å²) < 4.78 is 2.40. The van der Waals surface area contributed by atoms with Crippen LogP contribution in [0.2, 0.25) is 0 Å². The number of nitrogens with one attached hydrogen (secondary N) is 1. The maximum atomic E-state index is 5.17. The van der Waals surface area contributed by atoms with Crippen molar-refractivity contribution in [2.45, 2.75) is 38.8 Å². The molecule has 248 valence electrons. The highest BCUT2D eigenvalue weighted by Crippen LogP contribution is 2.40. The molecular formula is C42H36I2N6. The van der Waals surface area contributed by atoms with Gasteiger partial charge in [0.2, 0.25) is 5.82 Å². The molecule has 0 amide bonds. The van der Waals surface area contributed by atoms with Gasteiger partial charge in [0.1, 0.15) is 0 Å². The first-order valence-electron chi connectivity index (χ1n) is 16.8. The number of nitrogens with zero attached hydrogens (tertiary/aromatic N) is 5. The maximum absolute atomic E-state index is 5.17. The highest BCUT2D eigenvalue weighted by atomic mass is 127. The standard InChI is InChI=1S/C42H36I2N6/c1-3-36-38(43)40(39(44)37(4-2)46-36)45-28-29-24-26-30(27-25-29)34-22-14-15-23-35(34)41-47-49-50(48-41)42(31-16-8-5-9-17-31,32-18-10-6-11-19-32)33-20-12-7-13-21-33/h5-27H,3-4,28H2,1-2H3,(H,45,46). The van der Waals surface area contributed by atoms with Crippen LogP contribution in [0.1, 0.15) is 47.5 Å². The Morgan fingerprint density at radius 2 is 1.08 bits per heavy atom. The van der Waals surface area contributed by atoms with Crippen LogP contribution >= 0.6 is 45.2 Å². The number of rotatable bonds is 11. The van der Waals surface area contributed by atoms with Crippen LogP contribution in [0.5, 0.6) is 0 Å². The quantitative estimate of drug-likeness (QED) is 0.104. The Morgan fingerprint density at radius 1 is 0.600 bits per heavy atom. The summed E-state index contributed by atoms with van der Waals surface area (Å²) >= 11 is 4.86. The zero-order chi connectivity index (χ0) is 34.5. The zero-order valence-electron chi connectivity index (χ0n) is 27.9. The van der Waals surface area contributed by atoms with Gasteiger partial charge in [-0.1, -0.05) is 153 Å². The van der Waals surface area contributed by atoms with Crippen molar-refractivity contribution < 1.29 is 0 Å². The molecule has 1 N–H and O–H groups in total. The van der Waals surface area contributed by atoms with Crippen molar-refractivity contribution in [2.75, 3.05) is 5.32 Å². The highest BCUT2D eigenvalue weighted by Gasteiger charge is 2.41. The number of aromatic nitrogens is 5. The first-order chi connectivity index (χ1) is 24.5. The molecule has 0 aliphatic heterocycles. The van der Waals surface area contributed by atoms with Crippen LogP contribution in [0, 0.1) is 7.14 Å². The Labute approximate surface area is 320 Å². The van der Waals surface area contributed by atoms with Crippen LogP contribution in [-0.4, -0.2) is 25.2 Å². The van der Waals surface area contributed by atoms with Gasteiger partial charge in [0.05, 0.1) is 24.2 Å². The van der Waals surface area contributed by atoms with Crippen molar-refractivity contribution in [2.24, 2.45) is 0 Å². The minimum absolute atomic E-state index is 0.568. The Hall–Kier alpha value is -4.42. The average Bonchev–Trinajstić information content (AvgIpc) is 3.67. The first kappa shape index (κ1) is 34.0. The number of halogens is 2. The van der Waals surface area contributed by atoms with E-state index in [1.165, 1.54) is 18.4 Å². The average molecular weight is 879 g/mol. The van der Waals surface area contributed by atoms with Crippen LogP contribution in [0.3, 0.4) is 0 Å². The maximum Gasteiger partial charge on any atom is 0.205 e. The fourth-order valence-electron chi connectivity index (χ4n) is 6.54. The van der Waals surface area contributed by atoms with E-state index in [-0.39, 0.29) is 0 Å². The molecule has 6 nitrogen and oxygen atoms in total. The highest BCUT2D eigenvalue weighted by molar-refractivity contribution is 14.1. The molecule has 0 radical (unpaired) electrons. The number of hydrogen-bond acceptors (Lipinski definition) is 5. The second-order valence-corrected chi connectivity index (χ2v) is 14.2. The van der Waals surface area contributed by atoms with Gasteiger partial charge in [-0.25, -0.2) is 0 Å². The molecule has 0 unspecified atom stereocenters. The third-order valence-corrected chi connectivity index (χ3v) is 11.4. The Balaban J connectivity index is 1.24. The van der Waals surface area contributed by atoms with E-state index in [0.29, 0.717) is 5.82 Å². The molecule has 8 heteroatoms. The van der Waals surface area contributed by atoms with E-state index in [2.05, 4.69) is 180 Å². The van der Waals surface area contributed by atoms with Crippen LogP contribution in [0.15, 0.2) is 140 Å². The fraction of sp³-hybridized carbons (Fsp3) is 0.143. The van der Waals surface area contributed by atoms with E-state index >= 15 is 0 Å². The Morgan fingerprint density at radius 3 is 1.58 bits per heavy atom. The van der Waals surface area contributed by atoms with Crippen molar-refractivity contribution in [1.29, 1.82) is 0 Å². The van der Waals surface area contributed by atoms with Gasteiger partial charge in [-0.2, -0.15) is 0 Å². The molecule has 0 saturated heterocycles. The summed E-state index contributed by atoms with van der Waals surface area (Å²) in [5.41, 5.74) is 10.1. The number of benzene rings is 5. The summed E-state index contributed by atoms with van der Waals surface area (Å²) in [7, 11) is 0. The van der Waals surface area contributed by atoms with Crippen molar-refractivity contribution in [3.8, 4) is 22.5 Å². The number of aryl methyl sites for hydroxylation is 2. The molecule has 0 fully saturated rings. The molecule has 50 heavy (non-hydrogen) atoms. The van der Waals surface area contributed by atoms with E-state index in [1.54, 1.807) is 4.80 Å². The lowest BCUT2D eigenvalue weighted by Gasteiger charge is -2.34. The predicted octanol–water partition coefficient (Wildman–Crippen LogP) is 10.2. The third-order valence-electron chi connectivity index (χ3n) is 9.08. The Bertz CT molecular complexity index is 2080. The van der Waals surface area contributed by atoms with Gasteiger partial charge in [-0.15, -0.1) is 15.0 Å². The summed E-state index contributed by atoms with van der Waals surface area (Å²) in [5, 5.41) is 18.4. The molecule has 7 aromatic rings. The molecule has 0 spiro atoms. The SMILES string of the molecule is CCc1nc(CC)c(I)c(NCc2ccc(-c3ccccc3-c3nnn(C(c4ccccc4)(c4ccccc4)c4ccccc4)n3)cc2)c1I. The van der Waals surface area contributed by atoms with Crippen molar-refractivity contribution in [3.63, 3.8) is 0 Å². The normalized spacial score (nSPS) is 11.4. The smallest absolute Gasteiger partial charge is 0.205 e. The number of hydrogen-bond donors (Lipinski definition) is 1. The van der Waals surface area contributed by atoms with Gasteiger partial charge >= 0.3 is 0 Å². The number of anilines is 1. The lowest BCUT2D eigenvalue weighted by molar-refractivity contribution is 0.396. The Kier molecular flexibility index (Phi) is 10.4. The lowest BCUT2D eigenvalue weighted by Crippen LogP contribution is -2.39. The molecular weight excluding hydrogens is 842 g/mol. The van der Waals surface area contributed by atoms with Crippen molar-refractivity contribution in [3.05, 3.63) is 180 Å². The van der Waals surface area contributed by atoms with Crippen molar-refractivity contribution in [1.82, 2.24) is 25.2 Å².